The molecule has 1 aliphatic carbocycles. The van der Waals surface area contributed by atoms with Crippen LogP contribution in [0.5, 0.6) is 0 Å². The fourth-order valence-corrected chi connectivity index (χ4v) is 5.94. The number of fused-ring (bicyclic) bond motifs is 4. The molecule has 1 atom stereocenters. The first kappa shape index (κ1) is 23.7. The predicted molar refractivity (Wildman–Crippen MR) is 136 cm³/mol. The number of benzene rings is 1. The van der Waals surface area contributed by atoms with Gasteiger partial charge in [-0.2, -0.15) is 0 Å². The average Bonchev–Trinajstić information content (AvgIpc) is 3.49. The number of anilines is 1. The van der Waals surface area contributed by atoms with Crippen LogP contribution in [0.3, 0.4) is 0 Å². The fraction of sp³-hybridized carbons (Fsp3) is 0.444. The molecule has 6 rings (SSSR count). The Morgan fingerprint density at radius 2 is 1.97 bits per heavy atom. The lowest BCUT2D eigenvalue weighted by Crippen LogP contribution is -2.36. The summed E-state index contributed by atoms with van der Waals surface area (Å²) in [6.07, 6.45) is 3.54. The number of likely N-dealkylation sites (tertiary alicyclic amines) is 1. The van der Waals surface area contributed by atoms with Crippen LogP contribution >= 0.6 is 0 Å². The van der Waals surface area contributed by atoms with Crippen LogP contribution in [-0.2, 0) is 17.1 Å². The lowest BCUT2D eigenvalue weighted by atomic mass is 9.89. The van der Waals surface area contributed by atoms with Gasteiger partial charge in [0.2, 0.25) is 5.91 Å². The molecule has 0 unspecified atom stereocenters. The first-order valence-corrected chi connectivity index (χ1v) is 12.8. The van der Waals surface area contributed by atoms with E-state index in [0.717, 1.165) is 40.6 Å². The number of aryl methyl sites for hydroxylation is 1. The highest BCUT2D eigenvalue weighted by molar-refractivity contribution is 5.90. The maximum Gasteiger partial charge on any atom is 0.273 e. The van der Waals surface area contributed by atoms with Crippen molar-refractivity contribution in [3.05, 3.63) is 58.7 Å². The minimum atomic E-state index is -2.78. The zero-order valence-corrected chi connectivity index (χ0v) is 21.1. The molecule has 1 saturated heterocycles. The number of alkyl halides is 2. The third-order valence-electron chi connectivity index (χ3n) is 7.87. The topological polar surface area (TPSA) is 88.3 Å². The molecule has 192 valence electrons. The van der Waals surface area contributed by atoms with Crippen LogP contribution < -0.4 is 5.32 Å². The molecule has 0 spiro atoms. The monoisotopic (exact) mass is 505 g/mol. The van der Waals surface area contributed by atoms with Crippen molar-refractivity contribution in [2.24, 2.45) is 0 Å². The molecular weight excluding hydrogens is 476 g/mol. The average molecular weight is 506 g/mol. The standard InChI is InChI=1S/C27H29F2N7O/c1-15(19-5-4-6-23-20(19)7-10-27(23,28)29)31-24-22-13-21(18-8-11-35(12-9-18)17(3)37)26-34-30-14-36(26)25(22)33-16(2)32-24/h4-6,13-15,18H,7-12H2,1-3H3,(H,31,32,33)/t15-/m1/s1. The molecule has 3 aromatic heterocycles. The number of halogens is 2. The Morgan fingerprint density at radius 3 is 2.73 bits per heavy atom. The smallest absolute Gasteiger partial charge is 0.273 e. The van der Waals surface area contributed by atoms with Gasteiger partial charge in [-0.15, -0.1) is 10.2 Å². The molecule has 1 fully saturated rings. The molecule has 0 radical (unpaired) electrons. The van der Waals surface area contributed by atoms with Crippen LogP contribution in [0.4, 0.5) is 14.6 Å². The molecule has 2 aliphatic rings. The van der Waals surface area contributed by atoms with E-state index in [-0.39, 0.29) is 29.9 Å². The molecule has 1 aromatic carbocycles. The summed E-state index contributed by atoms with van der Waals surface area (Å²) >= 11 is 0. The lowest BCUT2D eigenvalue weighted by molar-refractivity contribution is -0.129. The van der Waals surface area contributed by atoms with Crippen molar-refractivity contribution in [2.75, 3.05) is 18.4 Å². The molecule has 0 saturated carbocycles. The van der Waals surface area contributed by atoms with Gasteiger partial charge in [-0.3, -0.25) is 9.20 Å². The summed E-state index contributed by atoms with van der Waals surface area (Å²) < 4.78 is 30.7. The van der Waals surface area contributed by atoms with Gasteiger partial charge < -0.3 is 10.2 Å². The van der Waals surface area contributed by atoms with E-state index in [2.05, 4.69) is 21.6 Å². The summed E-state index contributed by atoms with van der Waals surface area (Å²) in [7, 11) is 0. The maximum atomic E-state index is 14.4. The Labute approximate surface area is 213 Å². The zero-order valence-electron chi connectivity index (χ0n) is 21.1. The summed E-state index contributed by atoms with van der Waals surface area (Å²) in [4.78, 5) is 23.1. The first-order chi connectivity index (χ1) is 17.7. The molecule has 4 aromatic rings. The molecule has 37 heavy (non-hydrogen) atoms. The minimum absolute atomic E-state index is 0.0964. The van der Waals surface area contributed by atoms with Crippen LogP contribution in [0.25, 0.3) is 16.7 Å². The highest BCUT2D eigenvalue weighted by Crippen LogP contribution is 2.44. The summed E-state index contributed by atoms with van der Waals surface area (Å²) in [5, 5.41) is 12.9. The van der Waals surface area contributed by atoms with Gasteiger partial charge in [0.25, 0.3) is 5.92 Å². The van der Waals surface area contributed by atoms with Crippen molar-refractivity contribution < 1.29 is 13.6 Å². The quantitative estimate of drug-likeness (QED) is 0.424. The van der Waals surface area contributed by atoms with Gasteiger partial charge in [0.05, 0.1) is 11.4 Å². The van der Waals surface area contributed by atoms with Crippen molar-refractivity contribution >= 4 is 28.4 Å². The van der Waals surface area contributed by atoms with Gasteiger partial charge in [0.1, 0.15) is 18.0 Å². The molecule has 10 heteroatoms. The van der Waals surface area contributed by atoms with E-state index in [1.807, 2.05) is 29.2 Å². The second-order valence-electron chi connectivity index (χ2n) is 10.2. The van der Waals surface area contributed by atoms with Crippen LogP contribution in [-0.4, -0.2) is 48.5 Å². The second kappa shape index (κ2) is 8.71. The SMILES string of the molecule is CC(=O)N1CCC(c2cc3c(N[C@H](C)c4cccc5c4CCC5(F)F)nc(C)nc3n3cnnc23)CC1. The molecule has 4 heterocycles. The zero-order chi connectivity index (χ0) is 25.9. The van der Waals surface area contributed by atoms with Gasteiger partial charge in [0.15, 0.2) is 11.3 Å². The molecule has 1 N–H and O–H groups in total. The Balaban J connectivity index is 1.41. The highest BCUT2D eigenvalue weighted by Gasteiger charge is 2.40. The maximum absolute atomic E-state index is 14.4. The number of nitrogens with one attached hydrogen (secondary N) is 1. The number of nitrogens with zero attached hydrogens (tertiary/aromatic N) is 6. The van der Waals surface area contributed by atoms with Gasteiger partial charge in [-0.05, 0) is 56.2 Å². The molecule has 1 amide bonds. The largest absolute Gasteiger partial charge is 0.363 e. The molecule has 0 bridgehead atoms. The fourth-order valence-electron chi connectivity index (χ4n) is 5.94. The van der Waals surface area contributed by atoms with Crippen molar-refractivity contribution in [1.29, 1.82) is 0 Å². The number of carbonyl (C=O) groups excluding carboxylic acids is 1. The third-order valence-corrected chi connectivity index (χ3v) is 7.87. The Bertz CT molecular complexity index is 1520. The van der Waals surface area contributed by atoms with Crippen molar-refractivity contribution in [1.82, 2.24) is 29.5 Å². The van der Waals surface area contributed by atoms with Crippen LogP contribution in [0.15, 0.2) is 30.6 Å². The minimum Gasteiger partial charge on any atom is -0.363 e. The molecule has 1 aliphatic heterocycles. The van der Waals surface area contributed by atoms with Crippen LogP contribution in [0, 0.1) is 6.92 Å². The van der Waals surface area contributed by atoms with Crippen molar-refractivity contribution in [3.8, 4) is 0 Å². The van der Waals surface area contributed by atoms with Gasteiger partial charge >= 0.3 is 0 Å². The number of aromatic nitrogens is 5. The number of amides is 1. The second-order valence-corrected chi connectivity index (χ2v) is 10.2. The number of hydrogen-bond donors (Lipinski definition) is 1. The van der Waals surface area contributed by atoms with E-state index in [1.165, 1.54) is 6.07 Å². The van der Waals surface area contributed by atoms with Crippen LogP contribution in [0.2, 0.25) is 0 Å². The van der Waals surface area contributed by atoms with E-state index in [0.29, 0.717) is 36.8 Å². The summed E-state index contributed by atoms with van der Waals surface area (Å²) in [5.41, 5.74) is 4.22. The summed E-state index contributed by atoms with van der Waals surface area (Å²) in [5.74, 6) is -1.23. The number of pyridine rings is 1. The summed E-state index contributed by atoms with van der Waals surface area (Å²) in [6.45, 7) is 6.82. The van der Waals surface area contributed by atoms with Crippen molar-refractivity contribution in [2.45, 2.75) is 64.3 Å². The molecule has 8 nitrogen and oxygen atoms in total. The van der Waals surface area contributed by atoms with Gasteiger partial charge in [-0.1, -0.05) is 18.2 Å². The first-order valence-electron chi connectivity index (χ1n) is 12.8. The van der Waals surface area contributed by atoms with E-state index in [4.69, 9.17) is 9.97 Å². The van der Waals surface area contributed by atoms with Crippen LogP contribution in [0.1, 0.15) is 73.1 Å². The number of piperidine rings is 1. The Hall–Kier alpha value is -3.69. The van der Waals surface area contributed by atoms with E-state index < -0.39 is 5.92 Å². The number of rotatable bonds is 4. The lowest BCUT2D eigenvalue weighted by Gasteiger charge is -2.31. The van der Waals surface area contributed by atoms with Gasteiger partial charge in [-0.25, -0.2) is 18.7 Å². The normalized spacial score (nSPS) is 18.4. The predicted octanol–water partition coefficient (Wildman–Crippen LogP) is 4.92. The van der Waals surface area contributed by atoms with E-state index in [1.54, 1.807) is 19.3 Å². The molecular formula is C27H29F2N7O. The van der Waals surface area contributed by atoms with Gasteiger partial charge in [0, 0.05) is 37.6 Å². The number of carbonyl (C=O) groups is 1. The number of hydrogen-bond acceptors (Lipinski definition) is 6. The summed E-state index contributed by atoms with van der Waals surface area (Å²) in [6, 6.07) is 7.02. The van der Waals surface area contributed by atoms with Crippen molar-refractivity contribution in [3.63, 3.8) is 0 Å². The Kier molecular flexibility index (Phi) is 5.58. The highest BCUT2D eigenvalue weighted by atomic mass is 19.3. The van der Waals surface area contributed by atoms with E-state index >= 15 is 0 Å². The Morgan fingerprint density at radius 1 is 1.19 bits per heavy atom. The third kappa shape index (κ3) is 3.98. The van der Waals surface area contributed by atoms with E-state index in [9.17, 15) is 13.6 Å².